The lowest BCUT2D eigenvalue weighted by Crippen LogP contribution is -2.37. The number of allylic oxidation sites excluding steroid dienone is 4. The van der Waals surface area contributed by atoms with E-state index in [0.29, 0.717) is 6.04 Å². The largest absolute Gasteiger partial charge is 0.384 e. The quantitative estimate of drug-likeness (QED) is 0.769. The molecule has 0 radical (unpaired) electrons. The smallest absolute Gasteiger partial charge is 0.0633 e. The lowest BCUT2D eigenvalue weighted by atomic mass is 9.95. The molecule has 0 amide bonds. The molecule has 3 N–H and O–H groups in total. The van der Waals surface area contributed by atoms with E-state index < -0.39 is 0 Å². The summed E-state index contributed by atoms with van der Waals surface area (Å²) in [5.74, 6) is 0. The van der Waals surface area contributed by atoms with Gasteiger partial charge in [-0.25, -0.2) is 0 Å². The van der Waals surface area contributed by atoms with Crippen molar-refractivity contribution in [2.45, 2.75) is 58.0 Å². The van der Waals surface area contributed by atoms with Crippen LogP contribution in [0.1, 0.15) is 46.0 Å². The van der Waals surface area contributed by atoms with Gasteiger partial charge < -0.3 is 11.1 Å². The number of hydrogen-bond donors (Lipinski definition) is 2. The van der Waals surface area contributed by atoms with E-state index >= 15 is 0 Å². The van der Waals surface area contributed by atoms with Crippen LogP contribution < -0.4 is 11.1 Å². The highest BCUT2D eigenvalue weighted by molar-refractivity contribution is 5.28. The molecular formula is C15H26N2. The summed E-state index contributed by atoms with van der Waals surface area (Å²) >= 11 is 0. The van der Waals surface area contributed by atoms with Crippen LogP contribution in [-0.2, 0) is 0 Å². The predicted molar refractivity (Wildman–Crippen MR) is 75.7 cm³/mol. The Bertz CT molecular complexity index is 283. The van der Waals surface area contributed by atoms with E-state index in [0.717, 1.165) is 5.70 Å². The minimum Gasteiger partial charge on any atom is -0.384 e. The van der Waals surface area contributed by atoms with Gasteiger partial charge in [-0.15, -0.1) is 0 Å². The molecule has 0 aliphatic heterocycles. The minimum absolute atomic E-state index is 0.0296. The van der Waals surface area contributed by atoms with Gasteiger partial charge in [0, 0.05) is 11.7 Å². The van der Waals surface area contributed by atoms with E-state index in [-0.39, 0.29) is 6.04 Å². The van der Waals surface area contributed by atoms with Crippen LogP contribution in [0.3, 0.4) is 0 Å². The van der Waals surface area contributed by atoms with Crippen LogP contribution in [0.2, 0.25) is 0 Å². The SMILES string of the molecule is CC.NC1C=CC=CC=C1NC1CCCCC1. The zero-order valence-electron chi connectivity index (χ0n) is 11.2. The number of nitrogens with one attached hydrogen (secondary N) is 1. The van der Waals surface area contributed by atoms with Crippen molar-refractivity contribution >= 4 is 0 Å². The number of nitrogens with two attached hydrogens (primary N) is 1. The molecule has 2 heteroatoms. The fourth-order valence-electron chi connectivity index (χ4n) is 2.25. The summed E-state index contributed by atoms with van der Waals surface area (Å²) < 4.78 is 0. The highest BCUT2D eigenvalue weighted by Crippen LogP contribution is 2.19. The van der Waals surface area contributed by atoms with Gasteiger partial charge in [0.15, 0.2) is 0 Å². The third-order valence-electron chi connectivity index (χ3n) is 3.15. The van der Waals surface area contributed by atoms with E-state index in [4.69, 9.17) is 5.73 Å². The number of hydrogen-bond acceptors (Lipinski definition) is 2. The van der Waals surface area contributed by atoms with Gasteiger partial charge in [-0.3, -0.25) is 0 Å². The molecule has 2 aliphatic rings. The maximum absolute atomic E-state index is 6.04. The molecular weight excluding hydrogens is 208 g/mol. The molecule has 0 bridgehead atoms. The first kappa shape index (κ1) is 14.0. The van der Waals surface area contributed by atoms with Crippen LogP contribution in [0.4, 0.5) is 0 Å². The molecule has 1 unspecified atom stereocenters. The van der Waals surface area contributed by atoms with Gasteiger partial charge in [0.2, 0.25) is 0 Å². The second-order valence-electron chi connectivity index (χ2n) is 4.40. The Morgan fingerprint density at radius 2 is 1.76 bits per heavy atom. The van der Waals surface area contributed by atoms with Crippen molar-refractivity contribution < 1.29 is 0 Å². The monoisotopic (exact) mass is 234 g/mol. The molecule has 1 fully saturated rings. The van der Waals surface area contributed by atoms with E-state index in [1.807, 2.05) is 32.1 Å². The molecule has 1 saturated carbocycles. The molecule has 0 aromatic heterocycles. The molecule has 0 saturated heterocycles. The molecule has 0 aromatic rings. The molecule has 0 heterocycles. The van der Waals surface area contributed by atoms with Crippen molar-refractivity contribution in [2.75, 3.05) is 0 Å². The third-order valence-corrected chi connectivity index (χ3v) is 3.15. The second kappa shape index (κ2) is 8.13. The average Bonchev–Trinajstić information content (AvgIpc) is 2.59. The Hall–Kier alpha value is -1.02. The molecule has 1 atom stereocenters. The minimum atomic E-state index is 0.0296. The Kier molecular flexibility index (Phi) is 6.71. The molecule has 0 aromatic carbocycles. The Balaban J connectivity index is 0.000000686. The lowest BCUT2D eigenvalue weighted by molar-refractivity contribution is 0.392. The maximum Gasteiger partial charge on any atom is 0.0633 e. The molecule has 17 heavy (non-hydrogen) atoms. The van der Waals surface area contributed by atoms with E-state index in [1.54, 1.807) is 0 Å². The average molecular weight is 234 g/mol. The van der Waals surface area contributed by atoms with Gasteiger partial charge >= 0.3 is 0 Å². The van der Waals surface area contributed by atoms with Crippen LogP contribution in [0.25, 0.3) is 0 Å². The Morgan fingerprint density at radius 3 is 2.47 bits per heavy atom. The van der Waals surface area contributed by atoms with Gasteiger partial charge in [0.1, 0.15) is 0 Å². The first-order chi connectivity index (χ1) is 8.36. The topological polar surface area (TPSA) is 38.0 Å². The number of rotatable bonds is 2. The molecule has 2 nitrogen and oxygen atoms in total. The van der Waals surface area contributed by atoms with Crippen molar-refractivity contribution in [2.24, 2.45) is 5.73 Å². The van der Waals surface area contributed by atoms with E-state index in [2.05, 4.69) is 17.5 Å². The van der Waals surface area contributed by atoms with Gasteiger partial charge in [0.05, 0.1) is 6.04 Å². The summed E-state index contributed by atoms with van der Waals surface area (Å²) in [6.07, 6.45) is 16.9. The summed E-state index contributed by atoms with van der Waals surface area (Å²) in [5.41, 5.74) is 7.20. The second-order valence-corrected chi connectivity index (χ2v) is 4.40. The van der Waals surface area contributed by atoms with Gasteiger partial charge in [-0.2, -0.15) is 0 Å². The highest BCUT2D eigenvalue weighted by Gasteiger charge is 2.15. The van der Waals surface area contributed by atoms with Crippen molar-refractivity contribution in [3.63, 3.8) is 0 Å². The van der Waals surface area contributed by atoms with Crippen LogP contribution >= 0.6 is 0 Å². The van der Waals surface area contributed by atoms with E-state index in [1.165, 1.54) is 32.1 Å². The molecule has 96 valence electrons. The van der Waals surface area contributed by atoms with Crippen LogP contribution in [0.5, 0.6) is 0 Å². The molecule has 2 rings (SSSR count). The fourth-order valence-corrected chi connectivity index (χ4v) is 2.25. The maximum atomic E-state index is 6.04. The first-order valence-corrected chi connectivity index (χ1v) is 6.93. The zero-order valence-corrected chi connectivity index (χ0v) is 11.2. The van der Waals surface area contributed by atoms with Gasteiger partial charge in [0.25, 0.3) is 0 Å². The van der Waals surface area contributed by atoms with Gasteiger partial charge in [-0.05, 0) is 18.9 Å². The summed E-state index contributed by atoms with van der Waals surface area (Å²) in [5, 5.41) is 3.58. The summed E-state index contributed by atoms with van der Waals surface area (Å²) in [7, 11) is 0. The Morgan fingerprint density at radius 1 is 1.06 bits per heavy atom. The summed E-state index contributed by atoms with van der Waals surface area (Å²) in [6, 6.07) is 0.665. The van der Waals surface area contributed by atoms with Crippen molar-refractivity contribution in [3.05, 3.63) is 36.1 Å². The van der Waals surface area contributed by atoms with Gasteiger partial charge in [-0.1, -0.05) is 57.4 Å². The molecule has 2 aliphatic carbocycles. The first-order valence-electron chi connectivity index (χ1n) is 6.93. The van der Waals surface area contributed by atoms with Crippen molar-refractivity contribution in [1.82, 2.24) is 5.32 Å². The summed E-state index contributed by atoms with van der Waals surface area (Å²) in [6.45, 7) is 4.00. The van der Waals surface area contributed by atoms with Crippen LogP contribution in [0, 0.1) is 0 Å². The zero-order chi connectivity index (χ0) is 12.5. The fraction of sp³-hybridized carbons (Fsp3) is 0.600. The van der Waals surface area contributed by atoms with Crippen molar-refractivity contribution in [3.8, 4) is 0 Å². The standard InChI is InChI=1S/C13H20N2.C2H6/c14-12-9-5-2-6-10-13(12)15-11-7-3-1-4-8-11;1-2/h2,5-6,9-12,15H,1,3-4,7-8,14H2;1-2H3. The van der Waals surface area contributed by atoms with Crippen molar-refractivity contribution in [1.29, 1.82) is 0 Å². The normalized spacial score (nSPS) is 24.4. The Labute approximate surface area is 106 Å². The lowest BCUT2D eigenvalue weighted by Gasteiger charge is -2.26. The molecule has 0 spiro atoms. The van der Waals surface area contributed by atoms with Crippen LogP contribution in [-0.4, -0.2) is 12.1 Å². The third kappa shape index (κ3) is 4.78. The van der Waals surface area contributed by atoms with Crippen LogP contribution in [0.15, 0.2) is 36.1 Å². The predicted octanol–water partition coefficient (Wildman–Crippen LogP) is 3.27. The van der Waals surface area contributed by atoms with E-state index in [9.17, 15) is 0 Å². The highest BCUT2D eigenvalue weighted by atomic mass is 15.0. The summed E-state index contributed by atoms with van der Waals surface area (Å²) in [4.78, 5) is 0.